The van der Waals surface area contributed by atoms with E-state index in [1.807, 2.05) is 18.2 Å². The van der Waals surface area contributed by atoms with Gasteiger partial charge in [-0.05, 0) is 31.0 Å². The molecule has 0 aliphatic carbocycles. The molecule has 0 radical (unpaired) electrons. The van der Waals surface area contributed by atoms with E-state index in [9.17, 15) is 9.59 Å². The van der Waals surface area contributed by atoms with Crippen molar-refractivity contribution in [3.05, 3.63) is 47.5 Å². The van der Waals surface area contributed by atoms with Crippen molar-refractivity contribution in [1.82, 2.24) is 10.6 Å². The summed E-state index contributed by atoms with van der Waals surface area (Å²) in [6, 6.07) is 10.8. The Morgan fingerprint density at radius 1 is 0.706 bits per heavy atom. The summed E-state index contributed by atoms with van der Waals surface area (Å²) in [7, 11) is 6.24. The molecule has 8 nitrogen and oxygen atoms in total. The van der Waals surface area contributed by atoms with Crippen LogP contribution >= 0.6 is 0 Å². The molecule has 2 rings (SSSR count). The quantitative estimate of drug-likeness (QED) is 0.379. The number of hydrogen-bond donors (Lipinski definition) is 2. The summed E-state index contributed by atoms with van der Waals surface area (Å²) >= 11 is 0. The van der Waals surface area contributed by atoms with Crippen molar-refractivity contribution in [3.8, 4) is 23.0 Å². The average molecular weight is 473 g/mol. The van der Waals surface area contributed by atoms with Crippen LogP contribution in [0.4, 0.5) is 0 Å². The summed E-state index contributed by atoms with van der Waals surface area (Å²) in [5.74, 6) is 2.09. The number of benzene rings is 2. The van der Waals surface area contributed by atoms with Gasteiger partial charge in [0.2, 0.25) is 5.91 Å². The van der Waals surface area contributed by atoms with Crippen LogP contribution in [-0.2, 0) is 11.3 Å². The monoisotopic (exact) mass is 472 g/mol. The molecule has 186 valence electrons. The van der Waals surface area contributed by atoms with Crippen molar-refractivity contribution in [2.45, 2.75) is 45.1 Å². The van der Waals surface area contributed by atoms with Gasteiger partial charge in [0.05, 0.1) is 34.0 Å². The third kappa shape index (κ3) is 7.86. The van der Waals surface area contributed by atoms with Crippen LogP contribution in [-0.4, -0.2) is 46.8 Å². The van der Waals surface area contributed by atoms with Gasteiger partial charge in [0.25, 0.3) is 5.91 Å². The van der Waals surface area contributed by atoms with Gasteiger partial charge >= 0.3 is 0 Å². The molecule has 0 heterocycles. The van der Waals surface area contributed by atoms with Crippen LogP contribution in [0.5, 0.6) is 23.0 Å². The maximum absolute atomic E-state index is 12.4. The number of carbonyl (C=O) groups excluding carboxylic acids is 2. The summed E-state index contributed by atoms with van der Waals surface area (Å²) in [4.78, 5) is 24.6. The van der Waals surface area contributed by atoms with Gasteiger partial charge in [-0.1, -0.05) is 37.5 Å². The van der Waals surface area contributed by atoms with Crippen molar-refractivity contribution in [3.63, 3.8) is 0 Å². The van der Waals surface area contributed by atoms with Crippen LogP contribution < -0.4 is 29.6 Å². The van der Waals surface area contributed by atoms with Gasteiger partial charge in [0, 0.05) is 25.1 Å². The van der Waals surface area contributed by atoms with Crippen LogP contribution in [0.2, 0.25) is 0 Å². The largest absolute Gasteiger partial charge is 0.493 e. The zero-order valence-electron chi connectivity index (χ0n) is 20.6. The number of ether oxygens (including phenoxy) is 4. The molecule has 0 atom stereocenters. The molecule has 8 heteroatoms. The Kier molecular flexibility index (Phi) is 11.6. The Hall–Kier alpha value is -3.42. The van der Waals surface area contributed by atoms with Crippen molar-refractivity contribution in [1.29, 1.82) is 0 Å². The summed E-state index contributed by atoms with van der Waals surface area (Å²) in [5, 5.41) is 5.87. The fourth-order valence-electron chi connectivity index (χ4n) is 3.68. The number of unbranched alkanes of at least 4 members (excludes halogenated alkanes) is 4. The molecule has 0 aromatic heterocycles. The van der Waals surface area contributed by atoms with Gasteiger partial charge in [-0.2, -0.15) is 0 Å². The third-order valence-electron chi connectivity index (χ3n) is 5.47. The molecule has 0 spiro atoms. The van der Waals surface area contributed by atoms with Crippen LogP contribution in [0.25, 0.3) is 0 Å². The number of para-hydroxylation sites is 2. The molecule has 0 saturated carbocycles. The van der Waals surface area contributed by atoms with Crippen molar-refractivity contribution in [2.75, 3.05) is 35.0 Å². The highest BCUT2D eigenvalue weighted by Gasteiger charge is 2.15. The predicted octanol–water partition coefficient (Wildman–Crippen LogP) is 4.11. The molecular formula is C26H36N2O6. The molecule has 2 aromatic rings. The summed E-state index contributed by atoms with van der Waals surface area (Å²) in [5.41, 5.74) is 1.34. The molecule has 0 aliphatic rings. The molecule has 0 fully saturated rings. The average Bonchev–Trinajstić information content (AvgIpc) is 2.87. The third-order valence-corrected chi connectivity index (χ3v) is 5.47. The standard InChI is InChI=1S/C26H36N2O6/c1-31-21-14-10-12-19(24(21)33-3)18-28-23(29)16-8-6-5-7-9-17-27-26(30)20-13-11-15-22(32-2)25(20)34-4/h10-15H,5-9,16-18H2,1-4H3,(H,27,30)(H,28,29). The topological polar surface area (TPSA) is 95.1 Å². The minimum Gasteiger partial charge on any atom is -0.493 e. The van der Waals surface area contributed by atoms with E-state index in [4.69, 9.17) is 18.9 Å². The predicted molar refractivity (Wildman–Crippen MR) is 131 cm³/mol. The normalized spacial score (nSPS) is 10.4. The van der Waals surface area contributed by atoms with Crippen molar-refractivity contribution >= 4 is 11.8 Å². The van der Waals surface area contributed by atoms with Crippen molar-refractivity contribution < 1.29 is 28.5 Å². The first-order valence-corrected chi connectivity index (χ1v) is 11.5. The highest BCUT2D eigenvalue weighted by molar-refractivity contribution is 5.97. The second kappa shape index (κ2) is 14.7. The number of carbonyl (C=O) groups is 2. The lowest BCUT2D eigenvalue weighted by Gasteiger charge is -2.13. The Labute approximate surface area is 201 Å². The summed E-state index contributed by atoms with van der Waals surface area (Å²) in [6.45, 7) is 0.985. The number of nitrogens with one attached hydrogen (secondary N) is 2. The second-order valence-electron chi connectivity index (χ2n) is 7.74. The Balaban J connectivity index is 1.59. The summed E-state index contributed by atoms with van der Waals surface area (Å²) < 4.78 is 21.2. The molecule has 34 heavy (non-hydrogen) atoms. The Morgan fingerprint density at radius 2 is 1.32 bits per heavy atom. The van der Waals surface area contributed by atoms with E-state index in [1.165, 1.54) is 7.11 Å². The number of methoxy groups -OCH3 is 4. The molecule has 2 aromatic carbocycles. The van der Waals surface area contributed by atoms with Crippen LogP contribution in [0.15, 0.2) is 36.4 Å². The fourth-order valence-corrected chi connectivity index (χ4v) is 3.68. The molecular weight excluding hydrogens is 436 g/mol. The molecule has 0 unspecified atom stereocenters. The van der Waals surface area contributed by atoms with Gasteiger partial charge < -0.3 is 29.6 Å². The van der Waals surface area contributed by atoms with E-state index in [2.05, 4.69) is 10.6 Å². The van der Waals surface area contributed by atoms with Crippen LogP contribution in [0, 0.1) is 0 Å². The van der Waals surface area contributed by atoms with Gasteiger partial charge in [0.15, 0.2) is 23.0 Å². The number of amides is 2. The molecule has 0 saturated heterocycles. The Bertz CT molecular complexity index is 932. The zero-order chi connectivity index (χ0) is 24.8. The number of rotatable bonds is 15. The van der Waals surface area contributed by atoms with E-state index in [0.29, 0.717) is 48.1 Å². The zero-order valence-corrected chi connectivity index (χ0v) is 20.6. The Morgan fingerprint density at radius 3 is 2.00 bits per heavy atom. The SMILES string of the molecule is COc1cccc(CNC(=O)CCCCCCCNC(=O)c2cccc(OC)c2OC)c1OC. The van der Waals surface area contributed by atoms with Crippen LogP contribution in [0.1, 0.15) is 54.4 Å². The summed E-state index contributed by atoms with van der Waals surface area (Å²) in [6.07, 6.45) is 5.15. The molecule has 2 amide bonds. The lowest BCUT2D eigenvalue weighted by Crippen LogP contribution is -2.25. The number of hydrogen-bond acceptors (Lipinski definition) is 6. The first-order chi connectivity index (χ1) is 16.5. The first kappa shape index (κ1) is 26.8. The van der Waals surface area contributed by atoms with Crippen LogP contribution in [0.3, 0.4) is 0 Å². The fraction of sp³-hybridized carbons (Fsp3) is 0.462. The van der Waals surface area contributed by atoms with E-state index >= 15 is 0 Å². The van der Waals surface area contributed by atoms with Gasteiger partial charge in [-0.25, -0.2) is 0 Å². The van der Waals surface area contributed by atoms with Gasteiger partial charge in [0.1, 0.15) is 0 Å². The highest BCUT2D eigenvalue weighted by atomic mass is 16.5. The lowest BCUT2D eigenvalue weighted by molar-refractivity contribution is -0.121. The maximum atomic E-state index is 12.4. The van der Waals surface area contributed by atoms with E-state index in [-0.39, 0.29) is 11.8 Å². The smallest absolute Gasteiger partial charge is 0.255 e. The molecule has 0 bridgehead atoms. The van der Waals surface area contributed by atoms with Crippen molar-refractivity contribution in [2.24, 2.45) is 0 Å². The minimum absolute atomic E-state index is 0.0179. The molecule has 2 N–H and O–H groups in total. The van der Waals surface area contributed by atoms with E-state index in [1.54, 1.807) is 39.5 Å². The molecule has 0 aliphatic heterocycles. The highest BCUT2D eigenvalue weighted by Crippen LogP contribution is 2.31. The minimum atomic E-state index is -0.180. The lowest BCUT2D eigenvalue weighted by atomic mass is 10.1. The maximum Gasteiger partial charge on any atom is 0.255 e. The van der Waals surface area contributed by atoms with Gasteiger partial charge in [-0.3, -0.25) is 9.59 Å². The van der Waals surface area contributed by atoms with Gasteiger partial charge in [-0.15, -0.1) is 0 Å². The van der Waals surface area contributed by atoms with E-state index in [0.717, 1.165) is 37.7 Å². The van der Waals surface area contributed by atoms with E-state index < -0.39 is 0 Å². The first-order valence-electron chi connectivity index (χ1n) is 11.5. The second-order valence-corrected chi connectivity index (χ2v) is 7.74.